The van der Waals surface area contributed by atoms with Gasteiger partial charge in [0.2, 0.25) is 0 Å². The maximum absolute atomic E-state index is 4.21. The first-order chi connectivity index (χ1) is 7.88. The van der Waals surface area contributed by atoms with Crippen molar-refractivity contribution in [3.63, 3.8) is 0 Å². The second-order valence-corrected chi connectivity index (χ2v) is 3.75. The maximum atomic E-state index is 4.21. The summed E-state index contributed by atoms with van der Waals surface area (Å²) in [6, 6.07) is 10.5. The van der Waals surface area contributed by atoms with E-state index in [9.17, 15) is 0 Å². The molecule has 1 aromatic carbocycles. The molecule has 1 heterocycles. The topological polar surface area (TPSA) is 29.9 Å². The van der Waals surface area contributed by atoms with Gasteiger partial charge in [-0.05, 0) is 18.9 Å². The Balaban J connectivity index is 1.80. The molecule has 0 saturated carbocycles. The molecule has 0 aliphatic carbocycles. The van der Waals surface area contributed by atoms with Gasteiger partial charge in [-0.2, -0.15) is 5.10 Å². The highest BCUT2D eigenvalue weighted by Crippen LogP contribution is 2.05. The zero-order valence-corrected chi connectivity index (χ0v) is 9.56. The van der Waals surface area contributed by atoms with Crippen LogP contribution < -0.4 is 5.32 Å². The monoisotopic (exact) mass is 215 g/mol. The lowest BCUT2D eigenvalue weighted by atomic mass is 10.1. The lowest BCUT2D eigenvalue weighted by Gasteiger charge is -2.03. The molecule has 2 rings (SSSR count). The number of hydrogen-bond acceptors (Lipinski definition) is 2. The normalized spacial score (nSPS) is 10.3. The lowest BCUT2D eigenvalue weighted by molar-refractivity contribution is 0.660. The first-order valence-electron chi connectivity index (χ1n) is 5.68. The van der Waals surface area contributed by atoms with E-state index in [4.69, 9.17) is 0 Å². The number of aromatic nitrogens is 2. The van der Waals surface area contributed by atoms with E-state index < -0.39 is 0 Å². The fourth-order valence-corrected chi connectivity index (χ4v) is 1.62. The third-order valence-corrected chi connectivity index (χ3v) is 2.54. The van der Waals surface area contributed by atoms with E-state index >= 15 is 0 Å². The summed E-state index contributed by atoms with van der Waals surface area (Å²) >= 11 is 0. The summed E-state index contributed by atoms with van der Waals surface area (Å²) in [5, 5.41) is 7.58. The van der Waals surface area contributed by atoms with Crippen LogP contribution in [0, 0.1) is 0 Å². The smallest absolute Gasteiger partial charge is 0.0726 e. The Kier molecular flexibility index (Phi) is 3.59. The molecule has 84 valence electrons. The van der Waals surface area contributed by atoms with Gasteiger partial charge in [0.1, 0.15) is 0 Å². The lowest BCUT2D eigenvalue weighted by Crippen LogP contribution is -2.03. The summed E-state index contributed by atoms with van der Waals surface area (Å²) in [5.41, 5.74) is 2.45. The number of benzene rings is 1. The molecule has 0 fully saturated rings. The van der Waals surface area contributed by atoms with Crippen molar-refractivity contribution >= 4 is 5.69 Å². The van der Waals surface area contributed by atoms with E-state index in [1.807, 2.05) is 23.1 Å². The van der Waals surface area contributed by atoms with Gasteiger partial charge in [0.15, 0.2) is 0 Å². The standard InChI is InChI=1S/C13H17N3/c1-2-16-11-13(10-15-16)14-9-8-12-6-4-3-5-7-12/h3-7,10-11,14H,2,8-9H2,1H3. The minimum atomic E-state index is 0.917. The quantitative estimate of drug-likeness (QED) is 0.830. The molecule has 0 saturated heterocycles. The Labute approximate surface area is 96.1 Å². The van der Waals surface area contributed by atoms with E-state index in [1.165, 1.54) is 5.56 Å². The van der Waals surface area contributed by atoms with Crippen LogP contribution in [-0.2, 0) is 13.0 Å². The highest BCUT2D eigenvalue weighted by atomic mass is 15.3. The Morgan fingerprint density at radius 2 is 2.06 bits per heavy atom. The minimum absolute atomic E-state index is 0.917. The SMILES string of the molecule is CCn1cc(NCCc2ccccc2)cn1. The third kappa shape index (κ3) is 2.86. The molecule has 3 heteroatoms. The Bertz CT molecular complexity index is 420. The fraction of sp³-hybridized carbons (Fsp3) is 0.308. The van der Waals surface area contributed by atoms with Gasteiger partial charge in [-0.3, -0.25) is 4.68 Å². The van der Waals surface area contributed by atoms with Crippen molar-refractivity contribution in [1.82, 2.24) is 9.78 Å². The molecule has 0 aliphatic heterocycles. The molecule has 0 spiro atoms. The van der Waals surface area contributed by atoms with Crippen LogP contribution in [0.1, 0.15) is 12.5 Å². The van der Waals surface area contributed by atoms with Crippen LogP contribution in [0.2, 0.25) is 0 Å². The summed E-state index contributed by atoms with van der Waals surface area (Å²) in [4.78, 5) is 0. The van der Waals surface area contributed by atoms with Crippen molar-refractivity contribution in [2.75, 3.05) is 11.9 Å². The predicted octanol–water partition coefficient (Wildman–Crippen LogP) is 2.56. The van der Waals surface area contributed by atoms with E-state index in [1.54, 1.807) is 0 Å². The molecule has 0 amide bonds. The minimum Gasteiger partial charge on any atom is -0.382 e. The second kappa shape index (κ2) is 5.35. The van der Waals surface area contributed by atoms with Crippen LogP contribution in [0.15, 0.2) is 42.7 Å². The molecule has 1 N–H and O–H groups in total. The summed E-state index contributed by atoms with van der Waals surface area (Å²) in [6.07, 6.45) is 4.94. The largest absolute Gasteiger partial charge is 0.382 e. The summed E-state index contributed by atoms with van der Waals surface area (Å²) < 4.78 is 1.92. The molecule has 0 atom stereocenters. The molecule has 3 nitrogen and oxygen atoms in total. The summed E-state index contributed by atoms with van der Waals surface area (Å²) in [7, 11) is 0. The van der Waals surface area contributed by atoms with Crippen molar-refractivity contribution in [2.45, 2.75) is 19.9 Å². The van der Waals surface area contributed by atoms with Crippen molar-refractivity contribution in [1.29, 1.82) is 0 Å². The highest BCUT2D eigenvalue weighted by molar-refractivity contribution is 5.38. The van der Waals surface area contributed by atoms with Crippen LogP contribution in [-0.4, -0.2) is 16.3 Å². The molecule has 16 heavy (non-hydrogen) atoms. The summed E-state index contributed by atoms with van der Waals surface area (Å²) in [5.74, 6) is 0. The van der Waals surface area contributed by atoms with Crippen LogP contribution in [0.25, 0.3) is 0 Å². The molecular formula is C13H17N3. The highest BCUT2D eigenvalue weighted by Gasteiger charge is 1.96. The number of aryl methyl sites for hydroxylation is 1. The van der Waals surface area contributed by atoms with Crippen molar-refractivity contribution in [3.8, 4) is 0 Å². The molecule has 2 aromatic rings. The molecule has 1 aromatic heterocycles. The Morgan fingerprint density at radius 1 is 1.25 bits per heavy atom. The van der Waals surface area contributed by atoms with Crippen LogP contribution in [0.4, 0.5) is 5.69 Å². The van der Waals surface area contributed by atoms with Gasteiger partial charge < -0.3 is 5.32 Å². The Morgan fingerprint density at radius 3 is 2.75 bits per heavy atom. The van der Waals surface area contributed by atoms with Crippen LogP contribution >= 0.6 is 0 Å². The van der Waals surface area contributed by atoms with Crippen LogP contribution in [0.5, 0.6) is 0 Å². The van der Waals surface area contributed by atoms with Gasteiger partial charge in [0.25, 0.3) is 0 Å². The first-order valence-corrected chi connectivity index (χ1v) is 5.68. The van der Waals surface area contributed by atoms with Crippen molar-refractivity contribution in [2.24, 2.45) is 0 Å². The van der Waals surface area contributed by atoms with Gasteiger partial charge in [0.05, 0.1) is 11.9 Å². The van der Waals surface area contributed by atoms with E-state index in [0.717, 1.165) is 25.2 Å². The van der Waals surface area contributed by atoms with E-state index in [0.29, 0.717) is 0 Å². The van der Waals surface area contributed by atoms with Gasteiger partial charge in [-0.1, -0.05) is 30.3 Å². The third-order valence-electron chi connectivity index (χ3n) is 2.54. The Hall–Kier alpha value is -1.77. The van der Waals surface area contributed by atoms with Gasteiger partial charge in [-0.25, -0.2) is 0 Å². The van der Waals surface area contributed by atoms with E-state index in [2.05, 4.69) is 41.6 Å². The molecular weight excluding hydrogens is 198 g/mol. The van der Waals surface area contributed by atoms with Crippen molar-refractivity contribution in [3.05, 3.63) is 48.3 Å². The van der Waals surface area contributed by atoms with E-state index in [-0.39, 0.29) is 0 Å². The number of hydrogen-bond donors (Lipinski definition) is 1. The van der Waals surface area contributed by atoms with Crippen molar-refractivity contribution < 1.29 is 0 Å². The predicted molar refractivity (Wildman–Crippen MR) is 66.5 cm³/mol. The first kappa shape index (κ1) is 10.7. The summed E-state index contributed by atoms with van der Waals surface area (Å²) in [6.45, 7) is 3.94. The number of anilines is 1. The zero-order valence-electron chi connectivity index (χ0n) is 9.56. The number of nitrogens with one attached hydrogen (secondary N) is 1. The zero-order chi connectivity index (χ0) is 11.2. The molecule has 0 radical (unpaired) electrons. The van der Waals surface area contributed by atoms with Gasteiger partial charge in [-0.15, -0.1) is 0 Å². The molecule has 0 aliphatic rings. The number of rotatable bonds is 5. The average Bonchev–Trinajstić information content (AvgIpc) is 2.78. The number of nitrogens with zero attached hydrogens (tertiary/aromatic N) is 2. The molecule has 0 bridgehead atoms. The maximum Gasteiger partial charge on any atom is 0.0726 e. The average molecular weight is 215 g/mol. The molecule has 0 unspecified atom stereocenters. The van der Waals surface area contributed by atoms with Gasteiger partial charge in [0, 0.05) is 19.3 Å². The van der Waals surface area contributed by atoms with Gasteiger partial charge >= 0.3 is 0 Å². The second-order valence-electron chi connectivity index (χ2n) is 3.75. The fourth-order valence-electron chi connectivity index (χ4n) is 1.62. The van der Waals surface area contributed by atoms with Crippen LogP contribution in [0.3, 0.4) is 0 Å².